The van der Waals surface area contributed by atoms with E-state index in [0.29, 0.717) is 6.54 Å². The van der Waals surface area contributed by atoms with Gasteiger partial charge in [-0.2, -0.15) is 11.3 Å². The van der Waals surface area contributed by atoms with Gasteiger partial charge in [-0.25, -0.2) is 4.79 Å². The molecule has 1 N–H and O–H groups in total. The summed E-state index contributed by atoms with van der Waals surface area (Å²) in [5.41, 5.74) is 3.93. The van der Waals surface area contributed by atoms with Crippen LogP contribution >= 0.6 is 11.3 Å². The first-order valence-corrected chi connectivity index (χ1v) is 9.79. The third-order valence-electron chi connectivity index (χ3n) is 5.12. The van der Waals surface area contributed by atoms with Crippen LogP contribution in [0.4, 0.5) is 4.79 Å². The Morgan fingerprint density at radius 3 is 2.80 bits per heavy atom. The van der Waals surface area contributed by atoms with E-state index in [-0.39, 0.29) is 18.1 Å². The highest BCUT2D eigenvalue weighted by Crippen LogP contribution is 2.33. The van der Waals surface area contributed by atoms with Crippen molar-refractivity contribution in [3.8, 4) is 0 Å². The Morgan fingerprint density at radius 1 is 1.28 bits per heavy atom. The van der Waals surface area contributed by atoms with E-state index in [4.69, 9.17) is 0 Å². The maximum absolute atomic E-state index is 12.7. The number of hydrogen-bond acceptors (Lipinski definition) is 3. The van der Waals surface area contributed by atoms with E-state index in [1.807, 2.05) is 11.9 Å². The fourth-order valence-corrected chi connectivity index (χ4v) is 4.35. The Kier molecular flexibility index (Phi) is 5.76. The van der Waals surface area contributed by atoms with Crippen molar-refractivity contribution < 1.29 is 4.79 Å². The number of carbonyl (C=O) groups is 1. The minimum absolute atomic E-state index is 0.00350. The molecule has 0 saturated carbocycles. The Morgan fingerprint density at radius 2 is 2.08 bits per heavy atom. The molecule has 0 fully saturated rings. The fraction of sp³-hybridized carbons (Fsp3) is 0.450. The van der Waals surface area contributed by atoms with Crippen LogP contribution in [0.15, 0.2) is 41.1 Å². The molecule has 2 amide bonds. The molecule has 1 aromatic carbocycles. The lowest BCUT2D eigenvalue weighted by atomic mass is 9.87. The van der Waals surface area contributed by atoms with Gasteiger partial charge < -0.3 is 15.1 Å². The number of rotatable bonds is 5. The molecule has 0 saturated heterocycles. The van der Waals surface area contributed by atoms with Crippen molar-refractivity contribution in [3.05, 3.63) is 57.8 Å². The maximum atomic E-state index is 12.7. The minimum Gasteiger partial charge on any atom is -0.336 e. The monoisotopic (exact) mass is 357 g/mol. The molecular formula is C20H27N3OS. The van der Waals surface area contributed by atoms with Gasteiger partial charge >= 0.3 is 6.03 Å². The average Bonchev–Trinajstić information content (AvgIpc) is 3.14. The van der Waals surface area contributed by atoms with Gasteiger partial charge in [0.15, 0.2) is 0 Å². The number of benzene rings is 1. The molecule has 134 valence electrons. The number of urea groups is 1. The van der Waals surface area contributed by atoms with Crippen molar-refractivity contribution >= 4 is 17.4 Å². The summed E-state index contributed by atoms with van der Waals surface area (Å²) in [6, 6.07) is 11.0. The summed E-state index contributed by atoms with van der Waals surface area (Å²) in [6.45, 7) is 0.612. The van der Waals surface area contributed by atoms with Crippen molar-refractivity contribution in [3.63, 3.8) is 0 Å². The first-order chi connectivity index (χ1) is 12.1. The zero-order chi connectivity index (χ0) is 17.8. The number of nitrogens with one attached hydrogen (secondary N) is 1. The summed E-state index contributed by atoms with van der Waals surface area (Å²) in [7, 11) is 6.02. The molecule has 5 heteroatoms. The van der Waals surface area contributed by atoms with Crippen LogP contribution in [0.25, 0.3) is 0 Å². The fourth-order valence-electron chi connectivity index (χ4n) is 3.64. The number of aryl methyl sites for hydroxylation is 1. The zero-order valence-electron chi connectivity index (χ0n) is 15.2. The van der Waals surface area contributed by atoms with Gasteiger partial charge in [-0.05, 0) is 66.9 Å². The Labute approximate surface area is 154 Å². The lowest BCUT2D eigenvalue weighted by Gasteiger charge is -2.34. The zero-order valence-corrected chi connectivity index (χ0v) is 16.1. The molecule has 4 nitrogen and oxygen atoms in total. The van der Waals surface area contributed by atoms with Crippen LogP contribution in [0.5, 0.6) is 0 Å². The van der Waals surface area contributed by atoms with Crippen molar-refractivity contribution in [2.75, 3.05) is 27.7 Å². The maximum Gasteiger partial charge on any atom is 0.317 e. The lowest BCUT2D eigenvalue weighted by molar-refractivity contribution is 0.179. The summed E-state index contributed by atoms with van der Waals surface area (Å²) in [4.78, 5) is 16.8. The van der Waals surface area contributed by atoms with Gasteiger partial charge in [-0.3, -0.25) is 0 Å². The number of likely N-dealkylation sites (N-methyl/N-ethyl adjacent to an activating group) is 1. The SMILES string of the molecule is CN(C)C(CNC(=O)N(C)C1CCCc2ccccc21)c1ccsc1. The molecule has 1 aliphatic carbocycles. The number of nitrogens with zero attached hydrogens (tertiary/aromatic N) is 2. The number of fused-ring (bicyclic) bond motifs is 1. The highest BCUT2D eigenvalue weighted by Gasteiger charge is 2.27. The van der Waals surface area contributed by atoms with Gasteiger partial charge in [0.25, 0.3) is 0 Å². The number of carbonyl (C=O) groups excluding carboxylic acids is 1. The van der Waals surface area contributed by atoms with Crippen LogP contribution in [-0.2, 0) is 6.42 Å². The highest BCUT2D eigenvalue weighted by molar-refractivity contribution is 7.07. The molecular weight excluding hydrogens is 330 g/mol. The largest absolute Gasteiger partial charge is 0.336 e. The van der Waals surface area contributed by atoms with Gasteiger partial charge in [-0.15, -0.1) is 0 Å². The van der Waals surface area contributed by atoms with E-state index < -0.39 is 0 Å². The van der Waals surface area contributed by atoms with Gasteiger partial charge in [0.05, 0.1) is 12.1 Å². The first-order valence-electron chi connectivity index (χ1n) is 8.85. The summed E-state index contributed by atoms with van der Waals surface area (Å²) in [5.74, 6) is 0. The molecule has 3 rings (SSSR count). The van der Waals surface area contributed by atoms with Crippen LogP contribution in [0, 0.1) is 0 Å². The normalized spacial score (nSPS) is 17.8. The first kappa shape index (κ1) is 18.0. The third-order valence-corrected chi connectivity index (χ3v) is 5.83. The molecule has 2 unspecified atom stereocenters. The Balaban J connectivity index is 1.65. The van der Waals surface area contributed by atoms with Gasteiger partial charge in [-0.1, -0.05) is 24.3 Å². The summed E-state index contributed by atoms with van der Waals surface area (Å²) < 4.78 is 0. The van der Waals surface area contributed by atoms with Crippen LogP contribution in [0.3, 0.4) is 0 Å². The van der Waals surface area contributed by atoms with E-state index >= 15 is 0 Å². The standard InChI is InChI=1S/C20H27N3OS/c1-22(2)19(16-11-12-25-14-16)13-21-20(24)23(3)18-10-6-8-15-7-4-5-9-17(15)18/h4-5,7,9,11-12,14,18-19H,6,8,10,13H2,1-3H3,(H,21,24). The van der Waals surface area contributed by atoms with E-state index in [1.54, 1.807) is 11.3 Å². The summed E-state index contributed by atoms with van der Waals surface area (Å²) in [5, 5.41) is 7.36. The van der Waals surface area contributed by atoms with E-state index in [9.17, 15) is 4.79 Å². The molecule has 25 heavy (non-hydrogen) atoms. The number of hydrogen-bond donors (Lipinski definition) is 1. The van der Waals surface area contributed by atoms with Crippen LogP contribution in [-0.4, -0.2) is 43.5 Å². The van der Waals surface area contributed by atoms with Crippen LogP contribution < -0.4 is 5.32 Å². The molecule has 2 aromatic rings. The van der Waals surface area contributed by atoms with Crippen molar-refractivity contribution in [2.24, 2.45) is 0 Å². The highest BCUT2D eigenvalue weighted by atomic mass is 32.1. The predicted molar refractivity (Wildman–Crippen MR) is 104 cm³/mol. The summed E-state index contributed by atoms with van der Waals surface area (Å²) in [6.07, 6.45) is 3.28. The molecule has 1 heterocycles. The molecule has 2 atom stereocenters. The van der Waals surface area contributed by atoms with Crippen molar-refractivity contribution in [1.82, 2.24) is 15.1 Å². The Bertz CT molecular complexity index is 699. The topological polar surface area (TPSA) is 35.6 Å². The van der Waals surface area contributed by atoms with E-state index in [1.165, 1.54) is 16.7 Å². The lowest BCUT2D eigenvalue weighted by Crippen LogP contribution is -2.43. The molecule has 0 radical (unpaired) electrons. The molecule has 0 spiro atoms. The van der Waals surface area contributed by atoms with Crippen molar-refractivity contribution in [1.29, 1.82) is 0 Å². The second-order valence-electron chi connectivity index (χ2n) is 6.94. The molecule has 1 aromatic heterocycles. The smallest absolute Gasteiger partial charge is 0.317 e. The predicted octanol–water partition coefficient (Wildman–Crippen LogP) is 4.07. The van der Waals surface area contributed by atoms with E-state index in [0.717, 1.165) is 19.3 Å². The quantitative estimate of drug-likeness (QED) is 0.875. The third kappa shape index (κ3) is 4.05. The second kappa shape index (κ2) is 8.02. The average molecular weight is 358 g/mol. The van der Waals surface area contributed by atoms with Crippen molar-refractivity contribution in [2.45, 2.75) is 31.3 Å². The van der Waals surface area contributed by atoms with Gasteiger partial charge in [0.1, 0.15) is 0 Å². The van der Waals surface area contributed by atoms with Crippen LogP contribution in [0.2, 0.25) is 0 Å². The van der Waals surface area contributed by atoms with Gasteiger partial charge in [0, 0.05) is 13.6 Å². The minimum atomic E-state index is 0.00350. The summed E-state index contributed by atoms with van der Waals surface area (Å²) >= 11 is 1.69. The van der Waals surface area contributed by atoms with E-state index in [2.05, 4.69) is 65.4 Å². The number of amides is 2. The number of thiophene rings is 1. The molecule has 1 aliphatic rings. The van der Waals surface area contributed by atoms with Gasteiger partial charge in [0.2, 0.25) is 0 Å². The molecule has 0 aliphatic heterocycles. The Hall–Kier alpha value is -1.85. The molecule has 0 bridgehead atoms. The second-order valence-corrected chi connectivity index (χ2v) is 7.72. The van der Waals surface area contributed by atoms with Crippen LogP contribution in [0.1, 0.15) is 41.6 Å².